The standard InChI is InChI=1S/C20H17N5O4/c1-12-3-2-4-14-18(12)22-10-24-19(14)23-25(20(24)27)9-17(26)21-8-13-5-6-15-16(7-13)29-11-28-15/h2-7,10H,8-9,11H2,1H3,(H,21,26). The van der Waals surface area contributed by atoms with Crippen LogP contribution in [0.2, 0.25) is 0 Å². The van der Waals surface area contributed by atoms with Gasteiger partial charge < -0.3 is 14.8 Å². The summed E-state index contributed by atoms with van der Waals surface area (Å²) in [5.74, 6) is 1.03. The number of amides is 1. The Morgan fingerprint density at radius 3 is 2.97 bits per heavy atom. The van der Waals surface area contributed by atoms with E-state index in [2.05, 4.69) is 15.4 Å². The number of nitrogens with zero attached hydrogens (tertiary/aromatic N) is 4. The van der Waals surface area contributed by atoms with Gasteiger partial charge in [0.05, 0.1) is 5.52 Å². The fourth-order valence-corrected chi connectivity index (χ4v) is 3.38. The van der Waals surface area contributed by atoms with Gasteiger partial charge in [-0.05, 0) is 36.2 Å². The minimum Gasteiger partial charge on any atom is -0.454 e. The van der Waals surface area contributed by atoms with Crippen molar-refractivity contribution in [3.8, 4) is 11.5 Å². The van der Waals surface area contributed by atoms with Crippen LogP contribution in [-0.2, 0) is 17.9 Å². The van der Waals surface area contributed by atoms with Gasteiger partial charge in [-0.2, -0.15) is 0 Å². The molecule has 0 unspecified atom stereocenters. The van der Waals surface area contributed by atoms with Crippen molar-refractivity contribution < 1.29 is 14.3 Å². The molecule has 1 aliphatic rings. The maximum absolute atomic E-state index is 12.6. The van der Waals surface area contributed by atoms with Gasteiger partial charge in [-0.3, -0.25) is 4.79 Å². The van der Waals surface area contributed by atoms with Crippen molar-refractivity contribution in [3.05, 3.63) is 64.3 Å². The predicted molar refractivity (Wildman–Crippen MR) is 104 cm³/mol. The lowest BCUT2D eigenvalue weighted by Gasteiger charge is -2.06. The summed E-state index contributed by atoms with van der Waals surface area (Å²) >= 11 is 0. The number of carbonyl (C=O) groups is 1. The number of hydrogen-bond acceptors (Lipinski definition) is 6. The lowest BCUT2D eigenvalue weighted by molar-refractivity contribution is -0.122. The third kappa shape index (κ3) is 2.96. The molecular weight excluding hydrogens is 374 g/mol. The van der Waals surface area contributed by atoms with Crippen LogP contribution in [0.15, 0.2) is 47.5 Å². The van der Waals surface area contributed by atoms with Crippen molar-refractivity contribution in [2.45, 2.75) is 20.0 Å². The number of carbonyl (C=O) groups excluding carboxylic acids is 1. The molecule has 3 heterocycles. The van der Waals surface area contributed by atoms with Crippen LogP contribution in [0, 0.1) is 6.92 Å². The highest BCUT2D eigenvalue weighted by Gasteiger charge is 2.15. The maximum atomic E-state index is 12.6. The van der Waals surface area contributed by atoms with Gasteiger partial charge in [0.1, 0.15) is 12.9 Å². The van der Waals surface area contributed by atoms with Crippen molar-refractivity contribution in [2.24, 2.45) is 0 Å². The molecule has 0 spiro atoms. The van der Waals surface area contributed by atoms with E-state index in [9.17, 15) is 9.59 Å². The highest BCUT2D eigenvalue weighted by Crippen LogP contribution is 2.32. The summed E-state index contributed by atoms with van der Waals surface area (Å²) in [6.45, 7) is 2.27. The van der Waals surface area contributed by atoms with Gasteiger partial charge in [0, 0.05) is 11.9 Å². The van der Waals surface area contributed by atoms with Gasteiger partial charge in [0.25, 0.3) is 0 Å². The SMILES string of the molecule is Cc1cccc2c1ncn1c(=O)n(CC(=O)NCc3ccc4c(c3)OCO4)nc21. The van der Waals surface area contributed by atoms with Crippen molar-refractivity contribution in [1.29, 1.82) is 0 Å². The Labute approximate surface area is 164 Å². The quantitative estimate of drug-likeness (QED) is 0.565. The first-order chi connectivity index (χ1) is 14.1. The van der Waals surface area contributed by atoms with E-state index in [-0.39, 0.29) is 19.2 Å². The zero-order chi connectivity index (χ0) is 20.0. The fraction of sp³-hybridized carbons (Fsp3) is 0.200. The van der Waals surface area contributed by atoms with Gasteiger partial charge >= 0.3 is 5.69 Å². The molecule has 4 aromatic rings. The molecule has 0 radical (unpaired) electrons. The van der Waals surface area contributed by atoms with Crippen LogP contribution < -0.4 is 20.5 Å². The molecule has 29 heavy (non-hydrogen) atoms. The second-order valence-corrected chi connectivity index (χ2v) is 6.81. The Kier molecular flexibility index (Phi) is 3.94. The van der Waals surface area contributed by atoms with Crippen molar-refractivity contribution in [3.63, 3.8) is 0 Å². The van der Waals surface area contributed by atoms with Crippen molar-refractivity contribution in [1.82, 2.24) is 24.5 Å². The van der Waals surface area contributed by atoms with E-state index in [0.717, 1.165) is 26.7 Å². The largest absolute Gasteiger partial charge is 0.454 e. The van der Waals surface area contributed by atoms with Crippen LogP contribution >= 0.6 is 0 Å². The van der Waals surface area contributed by atoms with E-state index >= 15 is 0 Å². The maximum Gasteiger partial charge on any atom is 0.352 e. The van der Waals surface area contributed by atoms with Gasteiger partial charge in [-0.25, -0.2) is 18.9 Å². The summed E-state index contributed by atoms with van der Waals surface area (Å²) < 4.78 is 13.1. The molecule has 0 aliphatic carbocycles. The van der Waals surface area contributed by atoms with Crippen LogP contribution in [0.5, 0.6) is 11.5 Å². The predicted octanol–water partition coefficient (Wildman–Crippen LogP) is 1.40. The van der Waals surface area contributed by atoms with E-state index in [1.165, 1.54) is 10.7 Å². The highest BCUT2D eigenvalue weighted by atomic mass is 16.7. The van der Waals surface area contributed by atoms with E-state index in [1.807, 2.05) is 37.3 Å². The van der Waals surface area contributed by atoms with E-state index in [0.29, 0.717) is 23.7 Å². The highest BCUT2D eigenvalue weighted by molar-refractivity contribution is 5.92. The summed E-state index contributed by atoms with van der Waals surface area (Å²) in [5, 5.41) is 7.92. The molecule has 0 atom stereocenters. The summed E-state index contributed by atoms with van der Waals surface area (Å²) in [5.41, 5.74) is 2.72. The Morgan fingerprint density at radius 2 is 2.07 bits per heavy atom. The van der Waals surface area contributed by atoms with Crippen LogP contribution in [0.4, 0.5) is 0 Å². The molecule has 0 bridgehead atoms. The average molecular weight is 391 g/mol. The molecule has 0 saturated heterocycles. The lowest BCUT2D eigenvalue weighted by Crippen LogP contribution is -2.32. The molecule has 1 aliphatic heterocycles. The number of aromatic nitrogens is 4. The van der Waals surface area contributed by atoms with Crippen LogP contribution in [0.3, 0.4) is 0 Å². The summed E-state index contributed by atoms with van der Waals surface area (Å²) in [6, 6.07) is 11.2. The lowest BCUT2D eigenvalue weighted by atomic mass is 10.1. The monoisotopic (exact) mass is 391 g/mol. The van der Waals surface area contributed by atoms with E-state index < -0.39 is 5.69 Å². The van der Waals surface area contributed by atoms with Gasteiger partial charge in [-0.15, -0.1) is 5.10 Å². The number of nitrogens with one attached hydrogen (secondary N) is 1. The number of aryl methyl sites for hydroxylation is 1. The first kappa shape index (κ1) is 17.2. The normalized spacial score (nSPS) is 12.6. The molecule has 1 amide bonds. The van der Waals surface area contributed by atoms with Crippen LogP contribution in [-0.4, -0.2) is 31.9 Å². The fourth-order valence-electron chi connectivity index (χ4n) is 3.38. The van der Waals surface area contributed by atoms with E-state index in [4.69, 9.17) is 9.47 Å². The Balaban J connectivity index is 1.36. The number of benzene rings is 2. The van der Waals surface area contributed by atoms with Gasteiger partial charge in [-0.1, -0.05) is 18.2 Å². The Bertz CT molecular complexity index is 1320. The van der Waals surface area contributed by atoms with Gasteiger partial charge in [0.15, 0.2) is 17.1 Å². The summed E-state index contributed by atoms with van der Waals surface area (Å²) in [4.78, 5) is 29.3. The number of hydrogen-bond donors (Lipinski definition) is 1. The number of ether oxygens (including phenoxy) is 2. The third-order valence-electron chi connectivity index (χ3n) is 4.87. The molecule has 9 nitrogen and oxygen atoms in total. The molecule has 2 aromatic heterocycles. The van der Waals surface area contributed by atoms with Crippen molar-refractivity contribution >= 4 is 22.5 Å². The molecule has 0 fully saturated rings. The Hall–Kier alpha value is -3.88. The first-order valence-electron chi connectivity index (χ1n) is 9.09. The average Bonchev–Trinajstić information content (AvgIpc) is 3.31. The zero-order valence-electron chi connectivity index (χ0n) is 15.6. The van der Waals surface area contributed by atoms with Crippen LogP contribution in [0.1, 0.15) is 11.1 Å². The van der Waals surface area contributed by atoms with E-state index in [1.54, 1.807) is 6.07 Å². The molecular formula is C20H17N5O4. The molecule has 5 rings (SSSR count). The third-order valence-corrected chi connectivity index (χ3v) is 4.87. The first-order valence-corrected chi connectivity index (χ1v) is 9.09. The second-order valence-electron chi connectivity index (χ2n) is 6.81. The molecule has 1 N–H and O–H groups in total. The second kappa shape index (κ2) is 6.62. The number of fused-ring (bicyclic) bond motifs is 4. The minimum atomic E-state index is -0.408. The smallest absolute Gasteiger partial charge is 0.352 e. The molecule has 9 heteroatoms. The van der Waals surface area contributed by atoms with Gasteiger partial charge in [0.2, 0.25) is 12.7 Å². The topological polar surface area (TPSA) is 99.8 Å². The summed E-state index contributed by atoms with van der Waals surface area (Å²) in [7, 11) is 0. The molecule has 2 aromatic carbocycles. The van der Waals surface area contributed by atoms with Crippen LogP contribution in [0.25, 0.3) is 16.6 Å². The number of para-hydroxylation sites is 1. The molecule has 146 valence electrons. The number of rotatable bonds is 4. The molecule has 0 saturated carbocycles. The summed E-state index contributed by atoms with van der Waals surface area (Å²) in [6.07, 6.45) is 1.45. The Morgan fingerprint density at radius 1 is 1.21 bits per heavy atom. The minimum absolute atomic E-state index is 0.182. The zero-order valence-corrected chi connectivity index (χ0v) is 15.6. The van der Waals surface area contributed by atoms with Crippen molar-refractivity contribution in [2.75, 3.05) is 6.79 Å².